The molecule has 0 spiro atoms. The third-order valence-electron chi connectivity index (χ3n) is 5.02. The van der Waals surface area contributed by atoms with Crippen LogP contribution >= 0.6 is 11.3 Å². The summed E-state index contributed by atoms with van der Waals surface area (Å²) in [5.41, 5.74) is 2.29. The topological polar surface area (TPSA) is 108 Å². The van der Waals surface area contributed by atoms with Gasteiger partial charge in [-0.15, -0.1) is 11.3 Å². The summed E-state index contributed by atoms with van der Waals surface area (Å²) in [5, 5.41) is 8.38. The molecule has 0 bridgehead atoms. The number of thiophene rings is 1. The van der Waals surface area contributed by atoms with Crippen molar-refractivity contribution in [1.82, 2.24) is 10.3 Å². The molecule has 164 valence electrons. The SMILES string of the molecule is CS(=O)(=O)c1ccc(NC(=O)C(Cc2c[nH]c3ccccc23)NC(=O)c2cccs2)cc1. The lowest BCUT2D eigenvalue weighted by Gasteiger charge is -2.18. The first-order valence-electron chi connectivity index (χ1n) is 9.81. The molecule has 0 aliphatic carbocycles. The third kappa shape index (κ3) is 4.90. The monoisotopic (exact) mass is 467 g/mol. The highest BCUT2D eigenvalue weighted by Crippen LogP contribution is 2.20. The molecule has 0 aliphatic rings. The molecule has 4 rings (SSSR count). The molecule has 1 atom stereocenters. The minimum absolute atomic E-state index is 0.164. The molecule has 2 heterocycles. The molecule has 0 saturated heterocycles. The molecule has 9 heteroatoms. The Balaban J connectivity index is 1.57. The Morgan fingerprint density at radius 2 is 1.78 bits per heavy atom. The van der Waals surface area contributed by atoms with Gasteiger partial charge in [0.15, 0.2) is 9.84 Å². The Hall–Kier alpha value is -3.43. The van der Waals surface area contributed by atoms with Crippen LogP contribution in [-0.2, 0) is 21.1 Å². The molecule has 4 aromatic rings. The Morgan fingerprint density at radius 1 is 1.03 bits per heavy atom. The Kier molecular flexibility index (Phi) is 6.11. The van der Waals surface area contributed by atoms with Crippen molar-refractivity contribution in [3.8, 4) is 0 Å². The van der Waals surface area contributed by atoms with E-state index in [0.29, 0.717) is 10.6 Å². The molecule has 2 aromatic heterocycles. The minimum atomic E-state index is -3.33. The summed E-state index contributed by atoms with van der Waals surface area (Å²) < 4.78 is 23.3. The van der Waals surface area contributed by atoms with Gasteiger partial charge in [0.1, 0.15) is 6.04 Å². The van der Waals surface area contributed by atoms with E-state index >= 15 is 0 Å². The van der Waals surface area contributed by atoms with Crippen molar-refractivity contribution in [3.63, 3.8) is 0 Å². The molecule has 0 saturated carbocycles. The average Bonchev–Trinajstić information content (AvgIpc) is 3.43. The second kappa shape index (κ2) is 8.97. The van der Waals surface area contributed by atoms with Crippen molar-refractivity contribution in [3.05, 3.63) is 82.7 Å². The summed E-state index contributed by atoms with van der Waals surface area (Å²) in [6.45, 7) is 0. The second-order valence-corrected chi connectivity index (χ2v) is 10.3. The number of aromatic nitrogens is 1. The molecule has 32 heavy (non-hydrogen) atoms. The lowest BCUT2D eigenvalue weighted by molar-refractivity contribution is -0.118. The fourth-order valence-corrected chi connectivity index (χ4v) is 4.64. The zero-order chi connectivity index (χ0) is 22.7. The standard InChI is InChI=1S/C23H21N3O4S2/c1-32(29,30)17-10-8-16(9-11-17)25-22(27)20(26-23(28)21-7-4-12-31-21)13-15-14-24-19-6-3-2-5-18(15)19/h2-12,14,20,24H,13H2,1H3,(H,25,27)(H,26,28). The van der Waals surface area contributed by atoms with Crippen molar-refractivity contribution >= 4 is 49.6 Å². The predicted molar refractivity (Wildman–Crippen MR) is 126 cm³/mol. The van der Waals surface area contributed by atoms with Crippen LogP contribution in [0.15, 0.2) is 77.1 Å². The van der Waals surface area contributed by atoms with Crippen molar-refractivity contribution in [1.29, 1.82) is 0 Å². The van der Waals surface area contributed by atoms with Crippen molar-refractivity contribution in [2.24, 2.45) is 0 Å². The number of nitrogens with one attached hydrogen (secondary N) is 3. The number of carbonyl (C=O) groups excluding carboxylic acids is 2. The van der Waals surface area contributed by atoms with Gasteiger partial charge in [0.2, 0.25) is 5.91 Å². The highest BCUT2D eigenvalue weighted by atomic mass is 32.2. The van der Waals surface area contributed by atoms with Gasteiger partial charge in [0, 0.05) is 35.5 Å². The van der Waals surface area contributed by atoms with Gasteiger partial charge in [0.05, 0.1) is 9.77 Å². The molecule has 0 radical (unpaired) electrons. The zero-order valence-electron chi connectivity index (χ0n) is 17.2. The van der Waals surface area contributed by atoms with Crippen LogP contribution in [0.2, 0.25) is 0 Å². The number of rotatable bonds is 7. The highest BCUT2D eigenvalue weighted by molar-refractivity contribution is 7.90. The van der Waals surface area contributed by atoms with Gasteiger partial charge in [-0.2, -0.15) is 0 Å². The van der Waals surface area contributed by atoms with Gasteiger partial charge in [-0.05, 0) is 47.3 Å². The first-order chi connectivity index (χ1) is 15.3. The first-order valence-corrected chi connectivity index (χ1v) is 12.6. The van der Waals surface area contributed by atoms with Gasteiger partial charge in [-0.1, -0.05) is 24.3 Å². The number of carbonyl (C=O) groups is 2. The number of sulfone groups is 1. The molecule has 1 unspecified atom stereocenters. The van der Waals surface area contributed by atoms with Crippen molar-refractivity contribution < 1.29 is 18.0 Å². The van der Waals surface area contributed by atoms with Crippen LogP contribution in [0.4, 0.5) is 5.69 Å². The van der Waals surface area contributed by atoms with E-state index in [1.165, 1.54) is 35.6 Å². The molecular formula is C23H21N3O4S2. The largest absolute Gasteiger partial charge is 0.361 e. The predicted octanol–water partition coefficient (Wildman–Crippen LogP) is 3.61. The van der Waals surface area contributed by atoms with Gasteiger partial charge in [-0.25, -0.2) is 8.42 Å². The molecule has 3 N–H and O–H groups in total. The highest BCUT2D eigenvalue weighted by Gasteiger charge is 2.24. The normalized spacial score (nSPS) is 12.4. The third-order valence-corrected chi connectivity index (χ3v) is 7.01. The zero-order valence-corrected chi connectivity index (χ0v) is 18.8. The van der Waals surface area contributed by atoms with E-state index in [4.69, 9.17) is 0 Å². The smallest absolute Gasteiger partial charge is 0.262 e. The lowest BCUT2D eigenvalue weighted by atomic mass is 10.0. The van der Waals surface area contributed by atoms with E-state index in [-0.39, 0.29) is 17.2 Å². The number of anilines is 1. The summed E-state index contributed by atoms with van der Waals surface area (Å²) in [7, 11) is -3.33. The summed E-state index contributed by atoms with van der Waals surface area (Å²) >= 11 is 1.30. The number of amides is 2. The maximum absolute atomic E-state index is 13.1. The summed E-state index contributed by atoms with van der Waals surface area (Å²) in [6, 6.07) is 16.3. The van der Waals surface area contributed by atoms with Crippen LogP contribution in [0.25, 0.3) is 10.9 Å². The number of fused-ring (bicyclic) bond motifs is 1. The van der Waals surface area contributed by atoms with E-state index in [1.54, 1.807) is 17.5 Å². The molecule has 2 aromatic carbocycles. The Bertz CT molecular complexity index is 1360. The number of H-pyrrole nitrogens is 1. The van der Waals surface area contributed by atoms with E-state index in [0.717, 1.165) is 22.7 Å². The number of hydrogen-bond acceptors (Lipinski definition) is 5. The number of hydrogen-bond donors (Lipinski definition) is 3. The summed E-state index contributed by atoms with van der Waals surface area (Å²) in [5.74, 6) is -0.722. The van der Waals surface area contributed by atoms with E-state index in [9.17, 15) is 18.0 Å². The van der Waals surface area contributed by atoms with Crippen LogP contribution in [0.3, 0.4) is 0 Å². The second-order valence-electron chi connectivity index (χ2n) is 7.35. The van der Waals surface area contributed by atoms with E-state index < -0.39 is 21.8 Å². The van der Waals surface area contributed by atoms with Gasteiger partial charge >= 0.3 is 0 Å². The van der Waals surface area contributed by atoms with Crippen molar-refractivity contribution in [2.45, 2.75) is 17.4 Å². The number of aromatic amines is 1. The van der Waals surface area contributed by atoms with E-state index in [1.807, 2.05) is 30.5 Å². The molecule has 2 amide bonds. The maximum Gasteiger partial charge on any atom is 0.262 e. The summed E-state index contributed by atoms with van der Waals surface area (Å²) in [6.07, 6.45) is 3.25. The van der Waals surface area contributed by atoms with Gasteiger partial charge < -0.3 is 15.6 Å². The van der Waals surface area contributed by atoms with Crippen LogP contribution in [0.5, 0.6) is 0 Å². The Labute approximate surface area is 189 Å². The van der Waals surface area contributed by atoms with Crippen LogP contribution in [0.1, 0.15) is 15.2 Å². The number of para-hydroxylation sites is 1. The van der Waals surface area contributed by atoms with Crippen LogP contribution in [0, 0.1) is 0 Å². The molecule has 7 nitrogen and oxygen atoms in total. The first kappa shape index (κ1) is 21.8. The summed E-state index contributed by atoms with van der Waals surface area (Å²) in [4.78, 5) is 29.6. The van der Waals surface area contributed by atoms with Crippen LogP contribution < -0.4 is 10.6 Å². The number of benzene rings is 2. The van der Waals surface area contributed by atoms with Crippen molar-refractivity contribution in [2.75, 3.05) is 11.6 Å². The van der Waals surface area contributed by atoms with Gasteiger partial charge in [-0.3, -0.25) is 9.59 Å². The molecule has 0 fully saturated rings. The molecular weight excluding hydrogens is 446 g/mol. The van der Waals surface area contributed by atoms with E-state index in [2.05, 4.69) is 15.6 Å². The lowest BCUT2D eigenvalue weighted by Crippen LogP contribution is -2.45. The average molecular weight is 468 g/mol. The fourth-order valence-electron chi connectivity index (χ4n) is 3.38. The molecule has 0 aliphatic heterocycles. The minimum Gasteiger partial charge on any atom is -0.361 e. The maximum atomic E-state index is 13.1. The quantitative estimate of drug-likeness (QED) is 0.386. The fraction of sp³-hybridized carbons (Fsp3) is 0.130. The van der Waals surface area contributed by atoms with Crippen LogP contribution in [-0.4, -0.2) is 37.5 Å². The Morgan fingerprint density at radius 3 is 2.47 bits per heavy atom. The van der Waals surface area contributed by atoms with Gasteiger partial charge in [0.25, 0.3) is 5.91 Å².